The number of ketones is 1. The highest BCUT2D eigenvalue weighted by Gasteiger charge is 2.31. The molecular formula is C16H18O6. The largest absolute Gasteiger partial charge is 0.484 e. The number of ether oxygens (including phenoxy) is 4. The predicted octanol–water partition coefficient (Wildman–Crippen LogP) is 2.29. The SMILES string of the molecule is C/C=C\Cc1c(OC(C)=O)cc2c(c1OCOC)C(=O)CO2. The first-order valence-electron chi connectivity index (χ1n) is 6.85. The van der Waals surface area contributed by atoms with Crippen LogP contribution < -0.4 is 14.2 Å². The Morgan fingerprint density at radius 1 is 1.45 bits per heavy atom. The van der Waals surface area contributed by atoms with Crippen molar-refractivity contribution in [2.75, 3.05) is 20.5 Å². The molecule has 0 aromatic heterocycles. The van der Waals surface area contributed by atoms with Crippen molar-refractivity contribution in [3.63, 3.8) is 0 Å². The Hall–Kier alpha value is -2.34. The Bertz CT molecular complexity index is 618. The smallest absolute Gasteiger partial charge is 0.308 e. The van der Waals surface area contributed by atoms with Gasteiger partial charge >= 0.3 is 5.97 Å². The predicted molar refractivity (Wildman–Crippen MR) is 78.6 cm³/mol. The third-order valence-electron chi connectivity index (χ3n) is 3.08. The highest BCUT2D eigenvalue weighted by molar-refractivity contribution is 6.05. The second-order valence-electron chi connectivity index (χ2n) is 4.69. The molecule has 0 radical (unpaired) electrons. The molecule has 0 fully saturated rings. The van der Waals surface area contributed by atoms with Crippen molar-refractivity contribution in [1.82, 2.24) is 0 Å². The minimum Gasteiger partial charge on any atom is -0.484 e. The lowest BCUT2D eigenvalue weighted by Crippen LogP contribution is -2.10. The summed E-state index contributed by atoms with van der Waals surface area (Å²) in [4.78, 5) is 23.4. The van der Waals surface area contributed by atoms with Gasteiger partial charge in [0.15, 0.2) is 13.4 Å². The summed E-state index contributed by atoms with van der Waals surface area (Å²) in [7, 11) is 1.49. The van der Waals surface area contributed by atoms with Crippen molar-refractivity contribution < 1.29 is 28.5 Å². The minimum absolute atomic E-state index is 0.0217. The summed E-state index contributed by atoms with van der Waals surface area (Å²) >= 11 is 0. The summed E-state index contributed by atoms with van der Waals surface area (Å²) in [5.41, 5.74) is 0.982. The number of Topliss-reactive ketones (excluding diaryl/α,β-unsaturated/α-hetero) is 1. The fourth-order valence-electron chi connectivity index (χ4n) is 2.20. The van der Waals surface area contributed by atoms with Crippen LogP contribution >= 0.6 is 0 Å². The second-order valence-corrected chi connectivity index (χ2v) is 4.69. The van der Waals surface area contributed by atoms with Gasteiger partial charge in [-0.25, -0.2) is 0 Å². The number of benzene rings is 1. The van der Waals surface area contributed by atoms with Crippen LogP contribution in [0.25, 0.3) is 0 Å². The molecule has 0 atom stereocenters. The van der Waals surface area contributed by atoms with Gasteiger partial charge in [-0.05, 0) is 13.3 Å². The molecule has 1 aliphatic rings. The number of carbonyl (C=O) groups is 2. The van der Waals surface area contributed by atoms with E-state index in [4.69, 9.17) is 18.9 Å². The summed E-state index contributed by atoms with van der Waals surface area (Å²) in [6, 6.07) is 1.56. The standard InChI is InChI=1S/C16H18O6/c1-4-5-6-11-13(22-10(2)17)7-14-15(12(18)8-20-14)16(11)21-9-19-3/h4-5,7H,6,8-9H2,1-3H3/b5-4-. The molecule has 6 nitrogen and oxygen atoms in total. The van der Waals surface area contributed by atoms with Crippen LogP contribution in [0.5, 0.6) is 17.2 Å². The van der Waals surface area contributed by atoms with E-state index in [1.165, 1.54) is 14.0 Å². The molecule has 0 N–H and O–H groups in total. The van der Waals surface area contributed by atoms with Gasteiger partial charge < -0.3 is 18.9 Å². The zero-order chi connectivity index (χ0) is 16.1. The van der Waals surface area contributed by atoms with E-state index in [1.54, 1.807) is 6.07 Å². The molecule has 0 spiro atoms. The van der Waals surface area contributed by atoms with Gasteiger partial charge in [0.05, 0.1) is 0 Å². The van der Waals surface area contributed by atoms with Gasteiger partial charge in [0.25, 0.3) is 0 Å². The zero-order valence-corrected chi connectivity index (χ0v) is 12.8. The highest BCUT2D eigenvalue weighted by atomic mass is 16.7. The van der Waals surface area contributed by atoms with Gasteiger partial charge in [-0.3, -0.25) is 9.59 Å². The molecule has 0 saturated heterocycles. The Morgan fingerprint density at radius 3 is 2.86 bits per heavy atom. The van der Waals surface area contributed by atoms with Gasteiger partial charge in [0, 0.05) is 25.7 Å². The number of fused-ring (bicyclic) bond motifs is 1. The van der Waals surface area contributed by atoms with Crippen molar-refractivity contribution in [3.8, 4) is 17.2 Å². The Balaban J connectivity index is 2.58. The van der Waals surface area contributed by atoms with Gasteiger partial charge in [0.2, 0.25) is 5.78 Å². The van der Waals surface area contributed by atoms with E-state index >= 15 is 0 Å². The minimum atomic E-state index is -0.455. The van der Waals surface area contributed by atoms with Crippen molar-refractivity contribution >= 4 is 11.8 Å². The maximum absolute atomic E-state index is 12.0. The fraction of sp³-hybridized carbons (Fsp3) is 0.375. The van der Waals surface area contributed by atoms with Gasteiger partial charge in [-0.1, -0.05) is 12.2 Å². The van der Waals surface area contributed by atoms with E-state index in [1.807, 2.05) is 19.1 Å². The molecule has 118 valence electrons. The number of esters is 1. The number of allylic oxidation sites excluding steroid dienone is 2. The summed E-state index contributed by atoms with van der Waals surface area (Å²) in [6.07, 6.45) is 4.20. The highest BCUT2D eigenvalue weighted by Crippen LogP contribution is 2.42. The van der Waals surface area contributed by atoms with Crippen LogP contribution in [0.4, 0.5) is 0 Å². The van der Waals surface area contributed by atoms with E-state index in [0.717, 1.165) is 0 Å². The molecule has 0 aliphatic carbocycles. The molecule has 0 amide bonds. The molecule has 1 aromatic rings. The third-order valence-corrected chi connectivity index (χ3v) is 3.08. The van der Waals surface area contributed by atoms with E-state index in [0.29, 0.717) is 34.8 Å². The van der Waals surface area contributed by atoms with Crippen LogP contribution in [0.1, 0.15) is 29.8 Å². The van der Waals surface area contributed by atoms with Crippen molar-refractivity contribution in [2.45, 2.75) is 20.3 Å². The van der Waals surface area contributed by atoms with E-state index in [2.05, 4.69) is 0 Å². The molecule has 1 aromatic carbocycles. The lowest BCUT2D eigenvalue weighted by atomic mass is 10.0. The van der Waals surface area contributed by atoms with Crippen LogP contribution in [0.2, 0.25) is 0 Å². The van der Waals surface area contributed by atoms with Crippen LogP contribution in [-0.4, -0.2) is 32.3 Å². The number of hydrogen-bond donors (Lipinski definition) is 0. The maximum Gasteiger partial charge on any atom is 0.308 e. The second kappa shape index (κ2) is 7.09. The molecule has 1 aliphatic heterocycles. The normalized spacial score (nSPS) is 13.1. The van der Waals surface area contributed by atoms with Crippen LogP contribution in [0, 0.1) is 0 Å². The maximum atomic E-state index is 12.0. The first kappa shape index (κ1) is 16.0. The summed E-state index contributed by atoms with van der Waals surface area (Å²) in [5, 5.41) is 0. The molecule has 0 bridgehead atoms. The lowest BCUT2D eigenvalue weighted by molar-refractivity contribution is -0.131. The molecule has 2 rings (SSSR count). The summed E-state index contributed by atoms with van der Waals surface area (Å²) < 4.78 is 21.1. The Kier molecular flexibility index (Phi) is 5.16. The fourth-order valence-corrected chi connectivity index (χ4v) is 2.20. The monoisotopic (exact) mass is 306 g/mol. The Labute approximate surface area is 128 Å². The topological polar surface area (TPSA) is 71.1 Å². The number of hydrogen-bond acceptors (Lipinski definition) is 6. The first-order valence-corrected chi connectivity index (χ1v) is 6.85. The third kappa shape index (κ3) is 3.28. The summed E-state index contributed by atoms with van der Waals surface area (Å²) in [5.74, 6) is 0.402. The molecule has 22 heavy (non-hydrogen) atoms. The van der Waals surface area contributed by atoms with Gasteiger partial charge in [0.1, 0.15) is 22.8 Å². The van der Waals surface area contributed by atoms with Crippen molar-refractivity contribution in [2.24, 2.45) is 0 Å². The molecule has 6 heteroatoms. The number of rotatable bonds is 6. The number of methoxy groups -OCH3 is 1. The number of carbonyl (C=O) groups excluding carboxylic acids is 2. The average Bonchev–Trinajstić information content (AvgIpc) is 2.84. The van der Waals surface area contributed by atoms with Crippen LogP contribution in [0.15, 0.2) is 18.2 Å². The molecule has 1 heterocycles. The zero-order valence-electron chi connectivity index (χ0n) is 12.8. The lowest BCUT2D eigenvalue weighted by Gasteiger charge is -2.16. The van der Waals surface area contributed by atoms with Gasteiger partial charge in [-0.2, -0.15) is 0 Å². The van der Waals surface area contributed by atoms with Crippen LogP contribution in [0.3, 0.4) is 0 Å². The van der Waals surface area contributed by atoms with Crippen molar-refractivity contribution in [1.29, 1.82) is 0 Å². The Morgan fingerprint density at radius 2 is 2.23 bits per heavy atom. The summed E-state index contributed by atoms with van der Waals surface area (Å²) in [6.45, 7) is 3.12. The van der Waals surface area contributed by atoms with E-state index in [-0.39, 0.29) is 19.2 Å². The quantitative estimate of drug-likeness (QED) is 0.347. The van der Waals surface area contributed by atoms with E-state index < -0.39 is 5.97 Å². The van der Waals surface area contributed by atoms with Gasteiger partial charge in [-0.15, -0.1) is 0 Å². The van der Waals surface area contributed by atoms with Crippen molar-refractivity contribution in [3.05, 3.63) is 29.3 Å². The molecule has 0 saturated carbocycles. The molecular weight excluding hydrogens is 288 g/mol. The molecule has 0 unspecified atom stereocenters. The van der Waals surface area contributed by atoms with Crippen LogP contribution in [-0.2, 0) is 16.0 Å². The van der Waals surface area contributed by atoms with E-state index in [9.17, 15) is 9.59 Å². The first-order chi connectivity index (χ1) is 10.6. The average molecular weight is 306 g/mol.